The number of nitrogens with zero attached hydrogens (tertiary/aromatic N) is 1. The van der Waals surface area contributed by atoms with Gasteiger partial charge in [-0.05, 0) is 55.8 Å². The van der Waals surface area contributed by atoms with Crippen LogP contribution in [0, 0.1) is 0 Å². The number of benzene rings is 1. The molecule has 2 aliphatic rings. The molecule has 1 N–H and O–H groups in total. The topological polar surface area (TPSA) is 15.3 Å². The third-order valence-corrected chi connectivity index (χ3v) is 5.64. The first-order valence-electron chi connectivity index (χ1n) is 8.03. The number of thioether (sulfide) groups is 1. The molecule has 20 heavy (non-hydrogen) atoms. The third kappa shape index (κ3) is 3.78. The lowest BCUT2D eigenvalue weighted by Gasteiger charge is -2.31. The Labute approximate surface area is 127 Å². The fourth-order valence-electron chi connectivity index (χ4n) is 3.37. The zero-order valence-electron chi connectivity index (χ0n) is 12.3. The van der Waals surface area contributed by atoms with Gasteiger partial charge in [-0.15, -0.1) is 0 Å². The molecule has 1 atom stereocenters. The van der Waals surface area contributed by atoms with E-state index in [1.165, 1.54) is 55.8 Å². The Bertz CT molecular complexity index is 383. The molecule has 0 saturated carbocycles. The SMILES string of the molecule is c1ccc(C(CNC2CCSCC2)N2CCCC2)cc1. The van der Waals surface area contributed by atoms with Gasteiger partial charge in [0.25, 0.3) is 0 Å². The lowest BCUT2D eigenvalue weighted by atomic mass is 10.0. The maximum absolute atomic E-state index is 3.84. The van der Waals surface area contributed by atoms with Crippen molar-refractivity contribution in [3.63, 3.8) is 0 Å². The summed E-state index contributed by atoms with van der Waals surface area (Å²) in [7, 11) is 0. The van der Waals surface area contributed by atoms with Gasteiger partial charge in [-0.2, -0.15) is 11.8 Å². The predicted molar refractivity (Wildman–Crippen MR) is 88.3 cm³/mol. The molecule has 0 spiro atoms. The highest BCUT2D eigenvalue weighted by atomic mass is 32.2. The van der Waals surface area contributed by atoms with Crippen LogP contribution in [0.3, 0.4) is 0 Å². The van der Waals surface area contributed by atoms with Gasteiger partial charge in [0.2, 0.25) is 0 Å². The van der Waals surface area contributed by atoms with E-state index in [1.807, 2.05) is 0 Å². The largest absolute Gasteiger partial charge is 0.312 e. The standard InChI is InChI=1S/C17H26N2S/c1-2-6-15(7-3-1)17(19-10-4-5-11-19)14-18-16-8-12-20-13-9-16/h1-3,6-7,16-18H,4-5,8-14H2. The number of nitrogens with one attached hydrogen (secondary N) is 1. The first-order valence-corrected chi connectivity index (χ1v) is 9.19. The molecule has 1 aromatic rings. The lowest BCUT2D eigenvalue weighted by Crippen LogP contribution is -2.40. The summed E-state index contributed by atoms with van der Waals surface area (Å²) >= 11 is 2.10. The minimum atomic E-state index is 0.563. The highest BCUT2D eigenvalue weighted by Crippen LogP contribution is 2.25. The van der Waals surface area contributed by atoms with Crippen molar-refractivity contribution >= 4 is 11.8 Å². The van der Waals surface area contributed by atoms with Crippen molar-refractivity contribution < 1.29 is 0 Å². The Morgan fingerprint density at radius 2 is 1.80 bits per heavy atom. The van der Waals surface area contributed by atoms with Gasteiger partial charge >= 0.3 is 0 Å². The van der Waals surface area contributed by atoms with Crippen molar-refractivity contribution in [3.05, 3.63) is 35.9 Å². The molecule has 0 amide bonds. The molecule has 2 aliphatic heterocycles. The molecule has 2 nitrogen and oxygen atoms in total. The number of hydrogen-bond donors (Lipinski definition) is 1. The van der Waals surface area contributed by atoms with Crippen LogP contribution < -0.4 is 5.32 Å². The molecule has 110 valence electrons. The Morgan fingerprint density at radius 3 is 2.50 bits per heavy atom. The maximum atomic E-state index is 3.84. The molecule has 1 aromatic carbocycles. The minimum absolute atomic E-state index is 0.563. The van der Waals surface area contributed by atoms with Crippen molar-refractivity contribution in [3.8, 4) is 0 Å². The van der Waals surface area contributed by atoms with Gasteiger partial charge in [-0.25, -0.2) is 0 Å². The minimum Gasteiger partial charge on any atom is -0.312 e. The van der Waals surface area contributed by atoms with Crippen LogP contribution in [0.5, 0.6) is 0 Å². The normalized spacial score (nSPS) is 23.0. The van der Waals surface area contributed by atoms with Crippen molar-refractivity contribution in [1.29, 1.82) is 0 Å². The molecule has 0 bridgehead atoms. The molecule has 2 heterocycles. The number of likely N-dealkylation sites (tertiary alicyclic amines) is 1. The summed E-state index contributed by atoms with van der Waals surface area (Å²) in [5, 5.41) is 3.84. The average Bonchev–Trinajstić information content (AvgIpc) is 3.04. The fourth-order valence-corrected chi connectivity index (χ4v) is 4.47. The number of hydrogen-bond acceptors (Lipinski definition) is 3. The summed E-state index contributed by atoms with van der Waals surface area (Å²) in [6.45, 7) is 3.64. The van der Waals surface area contributed by atoms with Gasteiger partial charge in [0.15, 0.2) is 0 Å². The molecule has 3 heteroatoms. The van der Waals surface area contributed by atoms with Gasteiger partial charge in [-0.1, -0.05) is 30.3 Å². The molecule has 0 radical (unpaired) electrons. The molecule has 2 saturated heterocycles. The van der Waals surface area contributed by atoms with Gasteiger partial charge in [0.05, 0.1) is 0 Å². The monoisotopic (exact) mass is 290 g/mol. The first kappa shape index (κ1) is 14.4. The maximum Gasteiger partial charge on any atom is 0.0472 e. The quantitative estimate of drug-likeness (QED) is 0.895. The van der Waals surface area contributed by atoms with Gasteiger partial charge in [-0.3, -0.25) is 4.90 Å². The molecule has 2 fully saturated rings. The van der Waals surface area contributed by atoms with Crippen LogP contribution in [-0.2, 0) is 0 Å². The van der Waals surface area contributed by atoms with Crippen LogP contribution in [0.1, 0.15) is 37.3 Å². The predicted octanol–water partition coefficient (Wildman–Crippen LogP) is 3.31. The van der Waals surface area contributed by atoms with Crippen molar-refractivity contribution in [2.24, 2.45) is 0 Å². The van der Waals surface area contributed by atoms with Crippen LogP contribution in [0.4, 0.5) is 0 Å². The van der Waals surface area contributed by atoms with E-state index < -0.39 is 0 Å². The second-order valence-electron chi connectivity index (χ2n) is 5.96. The van der Waals surface area contributed by atoms with Gasteiger partial charge < -0.3 is 5.32 Å². The molecule has 3 rings (SSSR count). The molecular weight excluding hydrogens is 264 g/mol. The summed E-state index contributed by atoms with van der Waals surface area (Å²) in [5.41, 5.74) is 1.48. The van der Waals surface area contributed by atoms with E-state index in [-0.39, 0.29) is 0 Å². The van der Waals surface area contributed by atoms with E-state index in [1.54, 1.807) is 0 Å². The van der Waals surface area contributed by atoms with Crippen molar-refractivity contribution in [2.75, 3.05) is 31.1 Å². The van der Waals surface area contributed by atoms with E-state index in [2.05, 4.69) is 52.3 Å². The average molecular weight is 290 g/mol. The van der Waals surface area contributed by atoms with Crippen LogP contribution >= 0.6 is 11.8 Å². The van der Waals surface area contributed by atoms with Crippen molar-refractivity contribution in [2.45, 2.75) is 37.8 Å². The summed E-state index contributed by atoms with van der Waals surface area (Å²) in [6.07, 6.45) is 5.41. The van der Waals surface area contributed by atoms with Gasteiger partial charge in [0, 0.05) is 18.6 Å². The smallest absolute Gasteiger partial charge is 0.0472 e. The van der Waals surface area contributed by atoms with E-state index in [0.29, 0.717) is 6.04 Å². The zero-order chi connectivity index (χ0) is 13.6. The van der Waals surface area contributed by atoms with E-state index in [4.69, 9.17) is 0 Å². The Morgan fingerprint density at radius 1 is 1.10 bits per heavy atom. The lowest BCUT2D eigenvalue weighted by molar-refractivity contribution is 0.231. The zero-order valence-corrected chi connectivity index (χ0v) is 13.1. The summed E-state index contributed by atoms with van der Waals surface area (Å²) in [6, 6.07) is 12.4. The fraction of sp³-hybridized carbons (Fsp3) is 0.647. The van der Waals surface area contributed by atoms with E-state index in [9.17, 15) is 0 Å². The molecule has 0 aliphatic carbocycles. The van der Waals surface area contributed by atoms with Crippen LogP contribution in [-0.4, -0.2) is 42.1 Å². The van der Waals surface area contributed by atoms with E-state index >= 15 is 0 Å². The highest BCUT2D eigenvalue weighted by molar-refractivity contribution is 7.99. The molecule has 0 aromatic heterocycles. The van der Waals surface area contributed by atoms with Crippen LogP contribution in [0.15, 0.2) is 30.3 Å². The first-order chi connectivity index (χ1) is 9.93. The second-order valence-corrected chi connectivity index (χ2v) is 7.19. The summed E-state index contributed by atoms with van der Waals surface area (Å²) in [4.78, 5) is 2.67. The van der Waals surface area contributed by atoms with Crippen molar-refractivity contribution in [1.82, 2.24) is 10.2 Å². The Hall–Kier alpha value is -0.510. The summed E-state index contributed by atoms with van der Waals surface area (Å²) < 4.78 is 0. The summed E-state index contributed by atoms with van der Waals surface area (Å²) in [5.74, 6) is 2.66. The number of rotatable bonds is 5. The molecular formula is C17H26N2S. The highest BCUT2D eigenvalue weighted by Gasteiger charge is 2.24. The third-order valence-electron chi connectivity index (χ3n) is 4.59. The Kier molecular flexibility index (Phi) is 5.40. The molecule has 1 unspecified atom stereocenters. The second kappa shape index (κ2) is 7.48. The van der Waals surface area contributed by atoms with E-state index in [0.717, 1.165) is 12.6 Å². The van der Waals surface area contributed by atoms with Crippen LogP contribution in [0.2, 0.25) is 0 Å². The Balaban J connectivity index is 1.62. The van der Waals surface area contributed by atoms with Gasteiger partial charge in [0.1, 0.15) is 0 Å². The van der Waals surface area contributed by atoms with Crippen LogP contribution in [0.25, 0.3) is 0 Å².